The minimum absolute atomic E-state index is 0.164. The minimum atomic E-state index is -0.164. The van der Waals surface area contributed by atoms with Crippen LogP contribution in [0.15, 0.2) is 48.7 Å². The van der Waals surface area contributed by atoms with Crippen LogP contribution in [0.1, 0.15) is 23.7 Å². The summed E-state index contributed by atoms with van der Waals surface area (Å²) in [7, 11) is 0. The summed E-state index contributed by atoms with van der Waals surface area (Å²) < 4.78 is 12.9. The third-order valence-corrected chi connectivity index (χ3v) is 3.77. The predicted octanol–water partition coefficient (Wildman–Crippen LogP) is 3.21. The van der Waals surface area contributed by atoms with Gasteiger partial charge < -0.3 is 0 Å². The van der Waals surface area contributed by atoms with Crippen LogP contribution in [0, 0.1) is 5.82 Å². The van der Waals surface area contributed by atoms with Gasteiger partial charge in [-0.2, -0.15) is 0 Å². The predicted molar refractivity (Wildman–Crippen MR) is 73.3 cm³/mol. The van der Waals surface area contributed by atoms with Crippen LogP contribution in [0.5, 0.6) is 0 Å². The van der Waals surface area contributed by atoms with Gasteiger partial charge in [-0.05, 0) is 36.2 Å². The molecule has 0 amide bonds. The van der Waals surface area contributed by atoms with Crippen molar-refractivity contribution in [3.8, 4) is 0 Å². The van der Waals surface area contributed by atoms with Gasteiger partial charge in [0.1, 0.15) is 5.82 Å². The molecule has 1 aromatic heterocycles. The van der Waals surface area contributed by atoms with E-state index in [1.807, 2.05) is 30.5 Å². The van der Waals surface area contributed by atoms with Crippen LogP contribution in [-0.4, -0.2) is 23.0 Å². The van der Waals surface area contributed by atoms with E-state index in [9.17, 15) is 4.39 Å². The molecule has 98 valence electrons. The average Bonchev–Trinajstić information content (AvgIpc) is 2.41. The largest absolute Gasteiger partial charge is 0.296 e. The molecule has 2 heterocycles. The summed E-state index contributed by atoms with van der Waals surface area (Å²) in [5.74, 6) is -0.164. The SMILES string of the molecule is Fc1ccc(C2CCN2CCc2ccccn2)cc1. The molecule has 1 aliphatic rings. The lowest BCUT2D eigenvalue weighted by Gasteiger charge is -2.41. The first-order valence-electron chi connectivity index (χ1n) is 6.72. The van der Waals surface area contributed by atoms with E-state index in [0.29, 0.717) is 6.04 Å². The van der Waals surface area contributed by atoms with Crippen molar-refractivity contribution in [2.24, 2.45) is 0 Å². The number of rotatable bonds is 4. The molecule has 0 N–H and O–H groups in total. The number of likely N-dealkylation sites (tertiary alicyclic amines) is 1. The summed E-state index contributed by atoms with van der Waals surface area (Å²) >= 11 is 0. The highest BCUT2D eigenvalue weighted by molar-refractivity contribution is 5.22. The average molecular weight is 256 g/mol. The lowest BCUT2D eigenvalue weighted by Crippen LogP contribution is -2.42. The summed E-state index contributed by atoms with van der Waals surface area (Å²) in [6.45, 7) is 2.13. The molecular weight excluding hydrogens is 239 g/mol. The molecule has 0 radical (unpaired) electrons. The fourth-order valence-corrected chi connectivity index (χ4v) is 2.57. The van der Waals surface area contributed by atoms with E-state index >= 15 is 0 Å². The lowest BCUT2D eigenvalue weighted by atomic mass is 9.94. The Morgan fingerprint density at radius 2 is 2.00 bits per heavy atom. The molecular formula is C16H17FN2. The Morgan fingerprint density at radius 3 is 2.63 bits per heavy atom. The van der Waals surface area contributed by atoms with E-state index in [4.69, 9.17) is 0 Å². The summed E-state index contributed by atoms with van der Waals surface area (Å²) in [5, 5.41) is 0. The molecule has 1 saturated heterocycles. The summed E-state index contributed by atoms with van der Waals surface area (Å²) in [4.78, 5) is 6.77. The Hall–Kier alpha value is -1.74. The van der Waals surface area contributed by atoms with Crippen molar-refractivity contribution in [2.75, 3.05) is 13.1 Å². The van der Waals surface area contributed by atoms with Crippen molar-refractivity contribution in [2.45, 2.75) is 18.9 Å². The van der Waals surface area contributed by atoms with Crippen molar-refractivity contribution in [3.63, 3.8) is 0 Å². The Balaban J connectivity index is 1.59. The quantitative estimate of drug-likeness (QED) is 0.835. The van der Waals surface area contributed by atoms with Gasteiger partial charge in [0.05, 0.1) is 0 Å². The van der Waals surface area contributed by atoms with Gasteiger partial charge in [0.25, 0.3) is 0 Å². The normalized spacial score (nSPS) is 19.1. The van der Waals surface area contributed by atoms with Crippen LogP contribution in [-0.2, 0) is 6.42 Å². The molecule has 19 heavy (non-hydrogen) atoms. The fraction of sp³-hybridized carbons (Fsp3) is 0.312. The maximum atomic E-state index is 12.9. The molecule has 1 fully saturated rings. The molecule has 1 aliphatic heterocycles. The molecule has 3 heteroatoms. The molecule has 2 nitrogen and oxygen atoms in total. The van der Waals surface area contributed by atoms with Gasteiger partial charge in [0.15, 0.2) is 0 Å². The Labute approximate surface area is 112 Å². The smallest absolute Gasteiger partial charge is 0.123 e. The van der Waals surface area contributed by atoms with Gasteiger partial charge in [-0.1, -0.05) is 18.2 Å². The Kier molecular flexibility index (Phi) is 3.56. The second-order valence-electron chi connectivity index (χ2n) is 4.96. The van der Waals surface area contributed by atoms with Gasteiger partial charge in [-0.15, -0.1) is 0 Å². The molecule has 1 aromatic carbocycles. The van der Waals surface area contributed by atoms with Gasteiger partial charge in [0, 0.05) is 37.4 Å². The highest BCUT2D eigenvalue weighted by Crippen LogP contribution is 2.32. The van der Waals surface area contributed by atoms with Crippen LogP contribution in [0.3, 0.4) is 0 Å². The number of nitrogens with zero attached hydrogens (tertiary/aromatic N) is 2. The maximum Gasteiger partial charge on any atom is 0.123 e. The second kappa shape index (κ2) is 5.49. The zero-order chi connectivity index (χ0) is 13.1. The van der Waals surface area contributed by atoms with Crippen LogP contribution in [0.25, 0.3) is 0 Å². The fourth-order valence-electron chi connectivity index (χ4n) is 2.57. The molecule has 0 bridgehead atoms. The molecule has 1 unspecified atom stereocenters. The molecule has 3 rings (SSSR count). The van der Waals surface area contributed by atoms with Crippen molar-refractivity contribution in [1.29, 1.82) is 0 Å². The van der Waals surface area contributed by atoms with Crippen LogP contribution in [0.4, 0.5) is 4.39 Å². The Bertz CT molecular complexity index is 524. The van der Waals surface area contributed by atoms with Gasteiger partial charge >= 0.3 is 0 Å². The molecule has 0 aliphatic carbocycles. The maximum absolute atomic E-state index is 12.9. The van der Waals surface area contributed by atoms with Crippen molar-refractivity contribution in [3.05, 3.63) is 65.7 Å². The molecule has 0 saturated carbocycles. The van der Waals surface area contributed by atoms with Gasteiger partial charge in [0.2, 0.25) is 0 Å². The van der Waals surface area contributed by atoms with Crippen LogP contribution < -0.4 is 0 Å². The summed E-state index contributed by atoms with van der Waals surface area (Å²) in [5.41, 5.74) is 2.35. The van der Waals surface area contributed by atoms with E-state index in [1.165, 1.54) is 5.56 Å². The molecule has 2 aromatic rings. The first-order valence-corrected chi connectivity index (χ1v) is 6.72. The van der Waals surface area contributed by atoms with E-state index < -0.39 is 0 Å². The van der Waals surface area contributed by atoms with E-state index in [1.54, 1.807) is 12.1 Å². The molecule has 0 spiro atoms. The number of hydrogen-bond acceptors (Lipinski definition) is 2. The van der Waals surface area contributed by atoms with Gasteiger partial charge in [-0.25, -0.2) is 4.39 Å². The molecule has 1 atom stereocenters. The standard InChI is InChI=1S/C16H17FN2/c17-14-6-4-13(5-7-14)16-9-12-19(16)11-8-15-3-1-2-10-18-15/h1-7,10,16H,8-9,11-12H2. The van der Waals surface area contributed by atoms with E-state index in [-0.39, 0.29) is 5.82 Å². The number of benzene rings is 1. The Morgan fingerprint density at radius 1 is 1.16 bits per heavy atom. The summed E-state index contributed by atoms with van der Waals surface area (Å²) in [6.07, 6.45) is 3.97. The minimum Gasteiger partial charge on any atom is -0.296 e. The number of hydrogen-bond donors (Lipinski definition) is 0. The second-order valence-corrected chi connectivity index (χ2v) is 4.96. The number of halogens is 1. The first kappa shape index (κ1) is 12.3. The first-order chi connectivity index (χ1) is 9.33. The third-order valence-electron chi connectivity index (χ3n) is 3.77. The lowest BCUT2D eigenvalue weighted by molar-refractivity contribution is 0.0921. The van der Waals surface area contributed by atoms with Crippen molar-refractivity contribution >= 4 is 0 Å². The highest BCUT2D eigenvalue weighted by Gasteiger charge is 2.28. The topological polar surface area (TPSA) is 16.1 Å². The van der Waals surface area contributed by atoms with Crippen LogP contribution >= 0.6 is 0 Å². The zero-order valence-corrected chi connectivity index (χ0v) is 10.8. The number of pyridine rings is 1. The van der Waals surface area contributed by atoms with Crippen molar-refractivity contribution in [1.82, 2.24) is 9.88 Å². The zero-order valence-electron chi connectivity index (χ0n) is 10.8. The van der Waals surface area contributed by atoms with Crippen molar-refractivity contribution < 1.29 is 4.39 Å². The van der Waals surface area contributed by atoms with Crippen LogP contribution in [0.2, 0.25) is 0 Å². The third kappa shape index (κ3) is 2.82. The highest BCUT2D eigenvalue weighted by atomic mass is 19.1. The van der Waals surface area contributed by atoms with E-state index in [0.717, 1.165) is 31.6 Å². The number of aromatic nitrogens is 1. The van der Waals surface area contributed by atoms with E-state index in [2.05, 4.69) is 16.0 Å². The monoisotopic (exact) mass is 256 g/mol. The summed E-state index contributed by atoms with van der Waals surface area (Å²) in [6, 6.07) is 13.4. The van der Waals surface area contributed by atoms with Gasteiger partial charge in [-0.3, -0.25) is 9.88 Å².